The van der Waals surface area contributed by atoms with E-state index in [1.807, 2.05) is 13.8 Å². The van der Waals surface area contributed by atoms with Crippen molar-refractivity contribution >= 4 is 17.7 Å². The molecule has 0 saturated heterocycles. The summed E-state index contributed by atoms with van der Waals surface area (Å²) in [5, 5.41) is 0. The van der Waals surface area contributed by atoms with Crippen LogP contribution in [0.2, 0.25) is 0 Å². The lowest BCUT2D eigenvalue weighted by molar-refractivity contribution is -0.197. The van der Waals surface area contributed by atoms with Gasteiger partial charge in [-0.25, -0.2) is 0 Å². The lowest BCUT2D eigenvalue weighted by Gasteiger charge is -2.63. The van der Waals surface area contributed by atoms with Crippen LogP contribution in [0, 0.1) is 28.1 Å². The zero-order chi connectivity index (χ0) is 22.1. The van der Waals surface area contributed by atoms with Crippen molar-refractivity contribution in [3.05, 3.63) is 12.2 Å². The molecule has 0 heterocycles. The first kappa shape index (κ1) is 21.6. The fourth-order valence-corrected chi connectivity index (χ4v) is 8.11. The molecule has 166 valence electrons. The molecule has 1 spiro atoms. The molecule has 5 heteroatoms. The van der Waals surface area contributed by atoms with Crippen molar-refractivity contribution < 1.29 is 23.9 Å². The topological polar surface area (TPSA) is 69.7 Å². The van der Waals surface area contributed by atoms with E-state index in [-0.39, 0.29) is 41.1 Å². The number of hydrogen-bond acceptors (Lipinski definition) is 5. The van der Waals surface area contributed by atoms with E-state index >= 15 is 0 Å². The molecule has 4 aliphatic carbocycles. The number of ether oxygens (including phenoxy) is 2. The lowest BCUT2D eigenvalue weighted by atomic mass is 9.40. The number of carbonyl (C=O) groups is 3. The number of Topliss-reactive ketones (excluding diaryl/α,β-unsaturated/α-hetero) is 1. The SMILES string of the molecule is C=C1C(=O)[C@@]23CC[C@H]4[C@@](C)(CCC[C@@]4(C)C(=O)OC(C)C)[C@@H]2CC[C@@]1(OC(C)=O)C3. The van der Waals surface area contributed by atoms with Crippen LogP contribution in [0.3, 0.4) is 0 Å². The van der Waals surface area contributed by atoms with Gasteiger partial charge in [-0.05, 0) is 76.5 Å². The Hall–Kier alpha value is -1.65. The minimum absolute atomic E-state index is 0.0865. The monoisotopic (exact) mass is 416 g/mol. The van der Waals surface area contributed by atoms with Crippen molar-refractivity contribution in [1.29, 1.82) is 0 Å². The first-order chi connectivity index (χ1) is 13.9. The molecule has 0 aromatic rings. The standard InChI is InChI=1S/C25H36O5/c1-15(2)29-21(28)23(6)11-7-10-22(5)18(23)8-12-24-14-25(30-17(4)26,13-9-19(22)24)16(3)20(24)27/h15,18-19H,3,7-14H2,1-2,4-6H3/t18-,19-,22+,23+,24+,25+/m0/s1. The lowest BCUT2D eigenvalue weighted by Crippen LogP contribution is -2.60. The van der Waals surface area contributed by atoms with E-state index in [0.29, 0.717) is 18.4 Å². The molecule has 0 aromatic carbocycles. The Kier molecular flexibility index (Phi) is 4.80. The number of hydrogen-bond donors (Lipinski definition) is 0. The molecular weight excluding hydrogens is 380 g/mol. The Morgan fingerprint density at radius 2 is 1.73 bits per heavy atom. The van der Waals surface area contributed by atoms with E-state index in [1.165, 1.54) is 6.92 Å². The third kappa shape index (κ3) is 2.69. The highest BCUT2D eigenvalue weighted by atomic mass is 16.6. The van der Waals surface area contributed by atoms with E-state index in [4.69, 9.17) is 9.47 Å². The van der Waals surface area contributed by atoms with E-state index < -0.39 is 16.4 Å². The minimum atomic E-state index is -0.822. The largest absolute Gasteiger partial charge is 0.463 e. The Balaban J connectivity index is 1.72. The second-order valence-electron chi connectivity index (χ2n) is 11.1. The van der Waals surface area contributed by atoms with Gasteiger partial charge in [-0.1, -0.05) is 19.9 Å². The molecular formula is C25H36O5. The van der Waals surface area contributed by atoms with Gasteiger partial charge in [-0.2, -0.15) is 0 Å². The van der Waals surface area contributed by atoms with Crippen molar-refractivity contribution in [2.75, 3.05) is 0 Å². The maximum atomic E-state index is 13.6. The van der Waals surface area contributed by atoms with Gasteiger partial charge in [0.05, 0.1) is 11.5 Å². The molecule has 4 aliphatic rings. The second kappa shape index (κ2) is 6.67. The fourth-order valence-electron chi connectivity index (χ4n) is 8.11. The molecule has 4 saturated carbocycles. The molecule has 0 radical (unpaired) electrons. The van der Waals surface area contributed by atoms with Crippen LogP contribution in [0.15, 0.2) is 12.2 Å². The average molecular weight is 417 g/mol. The van der Waals surface area contributed by atoms with Crippen LogP contribution in [0.25, 0.3) is 0 Å². The molecule has 2 bridgehead atoms. The van der Waals surface area contributed by atoms with E-state index in [1.54, 1.807) is 0 Å². The Bertz CT molecular complexity index is 814. The van der Waals surface area contributed by atoms with Gasteiger partial charge in [0.15, 0.2) is 5.78 Å². The van der Waals surface area contributed by atoms with Gasteiger partial charge in [0.25, 0.3) is 0 Å². The van der Waals surface area contributed by atoms with Crippen molar-refractivity contribution in [2.24, 2.45) is 28.1 Å². The highest BCUT2D eigenvalue weighted by Crippen LogP contribution is 2.72. The maximum absolute atomic E-state index is 13.6. The van der Waals surface area contributed by atoms with E-state index in [9.17, 15) is 14.4 Å². The van der Waals surface area contributed by atoms with Gasteiger partial charge in [0.1, 0.15) is 5.60 Å². The molecule has 0 aliphatic heterocycles. The second-order valence-corrected chi connectivity index (χ2v) is 11.1. The smallest absolute Gasteiger partial charge is 0.312 e. The third-order valence-corrected chi connectivity index (χ3v) is 9.18. The Morgan fingerprint density at radius 3 is 2.37 bits per heavy atom. The molecule has 6 atom stereocenters. The van der Waals surface area contributed by atoms with Crippen LogP contribution >= 0.6 is 0 Å². The molecule has 4 rings (SSSR count). The molecule has 30 heavy (non-hydrogen) atoms. The zero-order valence-electron chi connectivity index (χ0n) is 19.1. The fraction of sp³-hybridized carbons (Fsp3) is 0.800. The van der Waals surface area contributed by atoms with Crippen molar-refractivity contribution in [3.63, 3.8) is 0 Å². The summed E-state index contributed by atoms with van der Waals surface area (Å²) in [5.41, 5.74) is -1.46. The van der Waals surface area contributed by atoms with Gasteiger partial charge in [0.2, 0.25) is 0 Å². The zero-order valence-corrected chi connectivity index (χ0v) is 19.1. The molecule has 5 nitrogen and oxygen atoms in total. The first-order valence-corrected chi connectivity index (χ1v) is 11.6. The van der Waals surface area contributed by atoms with Gasteiger partial charge in [0, 0.05) is 24.3 Å². The first-order valence-electron chi connectivity index (χ1n) is 11.6. The van der Waals surface area contributed by atoms with Crippen LogP contribution in [-0.2, 0) is 23.9 Å². The summed E-state index contributed by atoms with van der Waals surface area (Å²) in [6.07, 6.45) is 6.32. The summed E-state index contributed by atoms with van der Waals surface area (Å²) in [4.78, 5) is 38.6. The van der Waals surface area contributed by atoms with Gasteiger partial charge in [-0.15, -0.1) is 0 Å². The third-order valence-electron chi connectivity index (χ3n) is 9.18. The minimum Gasteiger partial charge on any atom is -0.463 e. The highest BCUT2D eigenvalue weighted by molar-refractivity contribution is 6.05. The number of fused-ring (bicyclic) bond motifs is 3. The Labute approximate surface area is 179 Å². The van der Waals surface area contributed by atoms with Gasteiger partial charge >= 0.3 is 11.9 Å². The summed E-state index contributed by atoms with van der Waals surface area (Å²) in [7, 11) is 0. The van der Waals surface area contributed by atoms with E-state index in [0.717, 1.165) is 38.5 Å². The highest BCUT2D eigenvalue weighted by Gasteiger charge is 2.72. The van der Waals surface area contributed by atoms with Crippen LogP contribution in [0.4, 0.5) is 0 Å². The van der Waals surface area contributed by atoms with Crippen molar-refractivity contribution in [3.8, 4) is 0 Å². The quantitative estimate of drug-likeness (QED) is 0.489. The molecule has 0 aromatic heterocycles. The number of ketones is 1. The van der Waals surface area contributed by atoms with Crippen LogP contribution in [0.1, 0.15) is 86.0 Å². The summed E-state index contributed by atoms with van der Waals surface area (Å²) < 4.78 is 11.5. The average Bonchev–Trinajstić information content (AvgIpc) is 2.78. The van der Waals surface area contributed by atoms with Gasteiger partial charge < -0.3 is 9.47 Å². The molecule has 4 fully saturated rings. The normalized spacial score (nSPS) is 45.0. The van der Waals surface area contributed by atoms with Crippen LogP contribution < -0.4 is 0 Å². The van der Waals surface area contributed by atoms with Crippen molar-refractivity contribution in [2.45, 2.75) is 97.7 Å². The summed E-state index contributed by atoms with van der Waals surface area (Å²) in [6, 6.07) is 0. The van der Waals surface area contributed by atoms with Crippen LogP contribution in [0.5, 0.6) is 0 Å². The predicted octanol–water partition coefficient (Wildman–Crippen LogP) is 4.77. The van der Waals surface area contributed by atoms with Crippen molar-refractivity contribution in [1.82, 2.24) is 0 Å². The molecule has 0 unspecified atom stereocenters. The molecule has 0 amide bonds. The van der Waals surface area contributed by atoms with Crippen LogP contribution in [-0.4, -0.2) is 29.4 Å². The van der Waals surface area contributed by atoms with Gasteiger partial charge in [-0.3, -0.25) is 14.4 Å². The Morgan fingerprint density at radius 1 is 1.07 bits per heavy atom. The maximum Gasteiger partial charge on any atom is 0.312 e. The number of esters is 2. The predicted molar refractivity (Wildman–Crippen MR) is 112 cm³/mol. The number of rotatable bonds is 3. The summed E-state index contributed by atoms with van der Waals surface area (Å²) in [6.45, 7) is 13.7. The summed E-state index contributed by atoms with van der Waals surface area (Å²) >= 11 is 0. The van der Waals surface area contributed by atoms with E-state index in [2.05, 4.69) is 20.4 Å². The number of carbonyl (C=O) groups excluding carboxylic acids is 3. The molecule has 0 N–H and O–H groups in total. The summed E-state index contributed by atoms with van der Waals surface area (Å²) in [5.74, 6) is 0.0507.